The van der Waals surface area contributed by atoms with E-state index in [0.29, 0.717) is 5.54 Å². The topological polar surface area (TPSA) is 12.5 Å². The second kappa shape index (κ2) is 4.82. The van der Waals surface area contributed by atoms with Gasteiger partial charge in [-0.2, -0.15) is 0 Å². The van der Waals surface area contributed by atoms with E-state index in [2.05, 4.69) is 49.7 Å². The van der Waals surface area contributed by atoms with Gasteiger partial charge in [-0.05, 0) is 30.8 Å². The average molecular weight is 249 g/mol. The summed E-state index contributed by atoms with van der Waals surface area (Å²) in [4.78, 5) is 0. The van der Waals surface area contributed by atoms with Crippen molar-refractivity contribution in [1.29, 1.82) is 0 Å². The molecule has 0 saturated heterocycles. The quantitative estimate of drug-likeness (QED) is 0.758. The van der Waals surface area contributed by atoms with Gasteiger partial charge < -0.3 is 9.30 Å². The molecule has 1 unspecified atom stereocenters. The number of nitrogens with zero attached hydrogens (tertiary/aromatic N) is 1. The van der Waals surface area contributed by atoms with E-state index in [0.717, 1.165) is 6.61 Å². The molecule has 1 aromatic rings. The van der Waals surface area contributed by atoms with Gasteiger partial charge >= 0.3 is 0 Å². The van der Waals surface area contributed by atoms with Gasteiger partial charge in [0.1, 0.15) is 0 Å². The monoisotopic (exact) mass is 249 g/mol. The van der Waals surface area contributed by atoms with Crippen molar-refractivity contribution in [3.63, 3.8) is 0 Å². The van der Waals surface area contributed by atoms with Gasteiger partial charge in [0.15, 0.2) is 8.24 Å². The smallest absolute Gasteiger partial charge is 0.165 e. The van der Waals surface area contributed by atoms with Gasteiger partial charge in [-0.1, -0.05) is 32.0 Å². The summed E-state index contributed by atoms with van der Waals surface area (Å²) < 4.78 is 8.10. The van der Waals surface area contributed by atoms with Crippen molar-refractivity contribution in [2.24, 2.45) is 0 Å². The summed E-state index contributed by atoms with van der Waals surface area (Å²) in [5.74, 6) is 0. The van der Waals surface area contributed by atoms with Crippen molar-refractivity contribution in [2.45, 2.75) is 31.5 Å². The van der Waals surface area contributed by atoms with E-state index in [1.165, 1.54) is 23.3 Å². The molecule has 2 rings (SSSR count). The van der Waals surface area contributed by atoms with Crippen LogP contribution in [0.2, 0.25) is 12.1 Å². The van der Waals surface area contributed by atoms with Crippen molar-refractivity contribution in [2.75, 3.05) is 25.3 Å². The van der Waals surface area contributed by atoms with Crippen molar-refractivity contribution in [3.05, 3.63) is 29.8 Å². The lowest BCUT2D eigenvalue weighted by molar-refractivity contribution is 0.196. The zero-order valence-corrected chi connectivity index (χ0v) is 12.4. The van der Waals surface area contributed by atoms with Crippen LogP contribution in [0, 0.1) is 0 Å². The molecule has 0 saturated carbocycles. The van der Waals surface area contributed by atoms with Crippen LogP contribution in [0.5, 0.6) is 0 Å². The number of anilines is 1. The van der Waals surface area contributed by atoms with Crippen LogP contribution in [0.25, 0.3) is 0 Å². The molecule has 0 fully saturated rings. The molecule has 2 nitrogen and oxygen atoms in total. The first-order valence-corrected chi connectivity index (χ1v) is 8.96. The molecule has 17 heavy (non-hydrogen) atoms. The molecule has 0 aliphatic carbocycles. The van der Waals surface area contributed by atoms with Gasteiger partial charge in [0, 0.05) is 18.3 Å². The molecule has 1 aliphatic rings. The Morgan fingerprint density at radius 1 is 1.24 bits per heavy atom. The summed E-state index contributed by atoms with van der Waals surface area (Å²) in [5.41, 5.74) is 3.57. The number of fused-ring (bicyclic) bond motifs is 1. The maximum Gasteiger partial charge on any atom is 0.165 e. The highest BCUT2D eigenvalue weighted by molar-refractivity contribution is 6.85. The van der Waals surface area contributed by atoms with E-state index in [1.54, 1.807) is 0 Å². The number of hydrogen-bond donors (Lipinski definition) is 0. The number of methoxy groups -OCH3 is 1. The van der Waals surface area contributed by atoms with Gasteiger partial charge in [0.25, 0.3) is 0 Å². The zero-order valence-electron chi connectivity index (χ0n) is 11.4. The largest absolute Gasteiger partial charge is 0.399 e. The van der Waals surface area contributed by atoms with Gasteiger partial charge in [0.2, 0.25) is 0 Å². The highest BCUT2D eigenvalue weighted by Crippen LogP contribution is 2.47. The molecular weight excluding hydrogens is 226 g/mol. The predicted octanol–water partition coefficient (Wildman–Crippen LogP) is 3.39. The van der Waals surface area contributed by atoms with Crippen LogP contribution >= 0.6 is 0 Å². The van der Waals surface area contributed by atoms with E-state index in [4.69, 9.17) is 4.74 Å². The zero-order chi connectivity index (χ0) is 12.5. The highest BCUT2D eigenvalue weighted by atomic mass is 28.3. The maximum atomic E-state index is 5.50. The van der Waals surface area contributed by atoms with Gasteiger partial charge in [-0.15, -0.1) is 0 Å². The molecule has 1 aromatic carbocycles. The fourth-order valence-electron chi connectivity index (χ4n) is 3.48. The molecule has 1 heterocycles. The summed E-state index contributed by atoms with van der Waals surface area (Å²) >= 11 is 0. The Balaban J connectivity index is 2.50. The molecule has 0 radical (unpaired) electrons. The number of rotatable bonds is 4. The lowest BCUT2D eigenvalue weighted by Gasteiger charge is -2.38. The SMILES string of the molecule is CC[Si]1(CC)C(COC)c2ccccc2N1C. The van der Waals surface area contributed by atoms with Crippen LogP contribution in [-0.4, -0.2) is 29.0 Å². The second-order valence-electron chi connectivity index (χ2n) is 4.94. The van der Waals surface area contributed by atoms with Crippen LogP contribution in [0.4, 0.5) is 5.69 Å². The van der Waals surface area contributed by atoms with E-state index < -0.39 is 8.24 Å². The average Bonchev–Trinajstić information content (AvgIpc) is 2.61. The number of ether oxygens (including phenoxy) is 1. The van der Waals surface area contributed by atoms with Crippen LogP contribution in [-0.2, 0) is 4.74 Å². The lowest BCUT2D eigenvalue weighted by atomic mass is 10.1. The molecule has 3 heteroatoms. The summed E-state index contributed by atoms with van der Waals surface area (Å²) in [6.07, 6.45) is 0. The number of hydrogen-bond acceptors (Lipinski definition) is 2. The highest BCUT2D eigenvalue weighted by Gasteiger charge is 2.49. The minimum absolute atomic E-state index is 0.628. The van der Waals surface area contributed by atoms with Crippen molar-refractivity contribution in [1.82, 2.24) is 0 Å². The van der Waals surface area contributed by atoms with E-state index >= 15 is 0 Å². The lowest BCUT2D eigenvalue weighted by Crippen LogP contribution is -2.52. The predicted molar refractivity (Wildman–Crippen MR) is 76.2 cm³/mol. The maximum absolute atomic E-state index is 5.50. The van der Waals surface area contributed by atoms with Crippen molar-refractivity contribution in [3.8, 4) is 0 Å². The van der Waals surface area contributed by atoms with Gasteiger partial charge in [0.05, 0.1) is 6.61 Å². The van der Waals surface area contributed by atoms with Crippen LogP contribution in [0.15, 0.2) is 24.3 Å². The Bertz CT molecular complexity index is 390. The van der Waals surface area contributed by atoms with Gasteiger partial charge in [-0.3, -0.25) is 0 Å². The third-order valence-corrected chi connectivity index (χ3v) is 10.3. The van der Waals surface area contributed by atoms with Gasteiger partial charge in [-0.25, -0.2) is 0 Å². The second-order valence-corrected chi connectivity index (χ2v) is 9.93. The Kier molecular flexibility index (Phi) is 3.59. The third kappa shape index (κ3) is 1.72. The fourth-order valence-corrected chi connectivity index (χ4v) is 8.36. The summed E-state index contributed by atoms with van der Waals surface area (Å²) in [5, 5.41) is 0. The molecule has 0 spiro atoms. The van der Waals surface area contributed by atoms with Crippen LogP contribution in [0.1, 0.15) is 25.0 Å². The standard InChI is InChI=1S/C14H23NOSi/c1-5-17(6-2)14(11-16-4)12-9-7-8-10-13(12)15(17)3/h7-10,14H,5-6,11H2,1-4H3. The molecular formula is C14H23NOSi. The van der Waals surface area contributed by atoms with E-state index in [-0.39, 0.29) is 0 Å². The minimum atomic E-state index is -1.43. The third-order valence-electron chi connectivity index (χ3n) is 4.55. The molecule has 94 valence electrons. The molecule has 0 aromatic heterocycles. The molecule has 0 bridgehead atoms. The first-order chi connectivity index (χ1) is 8.21. The molecule has 1 atom stereocenters. The molecule has 1 aliphatic heterocycles. The Hall–Kier alpha value is -0.803. The first-order valence-electron chi connectivity index (χ1n) is 6.53. The fraction of sp³-hybridized carbons (Fsp3) is 0.571. The summed E-state index contributed by atoms with van der Waals surface area (Å²) in [6.45, 7) is 5.57. The summed E-state index contributed by atoms with van der Waals surface area (Å²) in [6, 6.07) is 11.4. The number of benzene rings is 1. The Morgan fingerprint density at radius 3 is 2.47 bits per heavy atom. The van der Waals surface area contributed by atoms with E-state index in [9.17, 15) is 0 Å². The van der Waals surface area contributed by atoms with Crippen LogP contribution < -0.4 is 4.57 Å². The normalized spacial score (nSPS) is 21.6. The van der Waals surface area contributed by atoms with E-state index in [1.807, 2.05) is 7.11 Å². The van der Waals surface area contributed by atoms with Crippen LogP contribution in [0.3, 0.4) is 0 Å². The minimum Gasteiger partial charge on any atom is -0.399 e. The molecule has 0 amide bonds. The first kappa shape index (κ1) is 12.6. The Morgan fingerprint density at radius 2 is 1.88 bits per heavy atom. The van der Waals surface area contributed by atoms with Crippen molar-refractivity contribution < 1.29 is 4.74 Å². The van der Waals surface area contributed by atoms with Crippen molar-refractivity contribution >= 4 is 13.9 Å². The number of para-hydroxylation sites is 1. The Labute approximate surface area is 106 Å². The molecule has 0 N–H and O–H groups in total. The summed E-state index contributed by atoms with van der Waals surface area (Å²) in [7, 11) is 2.68.